The number of carbonyl (C=O) groups excluding carboxylic acids is 2. The van der Waals surface area contributed by atoms with Crippen LogP contribution < -0.4 is 10.6 Å². The summed E-state index contributed by atoms with van der Waals surface area (Å²) in [6.07, 6.45) is 1.64. The molecule has 2 N–H and O–H groups in total. The average Bonchev–Trinajstić information content (AvgIpc) is 2.81. The maximum Gasteiger partial charge on any atom is 0.256 e. The Morgan fingerprint density at radius 2 is 2.11 bits per heavy atom. The summed E-state index contributed by atoms with van der Waals surface area (Å²) in [4.78, 5) is 31.5. The Bertz CT molecular complexity index is 976. The van der Waals surface area contributed by atoms with E-state index < -0.39 is 0 Å². The first-order chi connectivity index (χ1) is 13.5. The van der Waals surface area contributed by atoms with E-state index in [-0.39, 0.29) is 11.8 Å². The first-order valence-electron chi connectivity index (χ1n) is 8.50. The summed E-state index contributed by atoms with van der Waals surface area (Å²) in [5.74, 6) is 0.408. The van der Waals surface area contributed by atoms with Crippen molar-refractivity contribution in [2.45, 2.75) is 16.7 Å². The van der Waals surface area contributed by atoms with Crippen molar-refractivity contribution in [2.75, 3.05) is 17.6 Å². The van der Waals surface area contributed by atoms with Crippen molar-refractivity contribution in [3.05, 3.63) is 63.7 Å². The molecule has 28 heavy (non-hydrogen) atoms. The van der Waals surface area contributed by atoms with Crippen molar-refractivity contribution in [1.29, 1.82) is 0 Å². The molecule has 0 spiro atoms. The van der Waals surface area contributed by atoms with Gasteiger partial charge in [-0.25, -0.2) is 0 Å². The number of fused-ring (bicyclic) bond motifs is 2. The lowest BCUT2D eigenvalue weighted by molar-refractivity contribution is 0.0956. The molecule has 0 radical (unpaired) electrons. The summed E-state index contributed by atoms with van der Waals surface area (Å²) < 4.78 is 0. The van der Waals surface area contributed by atoms with Gasteiger partial charge >= 0.3 is 0 Å². The molecule has 0 fully saturated rings. The van der Waals surface area contributed by atoms with Gasteiger partial charge in [0.2, 0.25) is 0 Å². The Labute approximate surface area is 177 Å². The molecule has 5 nitrogen and oxygen atoms in total. The monoisotopic (exact) mass is 431 g/mol. The van der Waals surface area contributed by atoms with E-state index >= 15 is 0 Å². The molecular formula is C20H18ClN3O2S2. The van der Waals surface area contributed by atoms with Crippen LogP contribution in [0.15, 0.2) is 62.3 Å². The van der Waals surface area contributed by atoms with E-state index in [1.807, 2.05) is 19.1 Å². The zero-order valence-electron chi connectivity index (χ0n) is 15.1. The fourth-order valence-corrected chi connectivity index (χ4v) is 4.48. The number of benzene rings is 2. The summed E-state index contributed by atoms with van der Waals surface area (Å²) in [7, 11) is 0. The third-order valence-corrected chi connectivity index (χ3v) is 6.18. The molecule has 8 heteroatoms. The highest BCUT2D eigenvalue weighted by Crippen LogP contribution is 2.39. The van der Waals surface area contributed by atoms with Gasteiger partial charge in [0.25, 0.3) is 11.8 Å². The van der Waals surface area contributed by atoms with Crippen LogP contribution in [0.3, 0.4) is 0 Å². The Morgan fingerprint density at radius 3 is 2.86 bits per heavy atom. The number of aliphatic imine (C=N–C) groups is 1. The molecule has 2 aromatic carbocycles. The number of thioether (sulfide) groups is 1. The van der Waals surface area contributed by atoms with Gasteiger partial charge < -0.3 is 10.6 Å². The lowest BCUT2D eigenvalue weighted by Crippen LogP contribution is -2.25. The normalized spacial score (nSPS) is 13.1. The summed E-state index contributed by atoms with van der Waals surface area (Å²) in [5, 5.41) is 6.25. The minimum absolute atomic E-state index is 0.224. The predicted octanol–water partition coefficient (Wildman–Crippen LogP) is 5.08. The highest BCUT2D eigenvalue weighted by atomic mass is 35.5. The lowest BCUT2D eigenvalue weighted by Gasteiger charge is -2.10. The molecule has 0 aromatic heterocycles. The molecule has 1 aliphatic heterocycles. The van der Waals surface area contributed by atoms with Gasteiger partial charge in [-0.3, -0.25) is 14.6 Å². The fourth-order valence-electron chi connectivity index (χ4n) is 2.63. The quantitative estimate of drug-likeness (QED) is 0.625. The van der Waals surface area contributed by atoms with Crippen LogP contribution in [0.5, 0.6) is 0 Å². The number of nitrogens with one attached hydrogen (secondary N) is 2. The Hall–Kier alpha value is -2.22. The van der Waals surface area contributed by atoms with Crippen LogP contribution >= 0.6 is 35.1 Å². The zero-order chi connectivity index (χ0) is 20.1. The van der Waals surface area contributed by atoms with Crippen molar-refractivity contribution in [1.82, 2.24) is 5.32 Å². The van der Waals surface area contributed by atoms with Crippen LogP contribution in [0.2, 0.25) is 5.02 Å². The van der Waals surface area contributed by atoms with Crippen LogP contribution in [0, 0.1) is 0 Å². The molecule has 0 aliphatic carbocycles. The topological polar surface area (TPSA) is 70.6 Å². The highest BCUT2D eigenvalue weighted by molar-refractivity contribution is 8.03. The maximum absolute atomic E-state index is 12.6. The third kappa shape index (κ3) is 4.79. The molecule has 1 aliphatic rings. The highest BCUT2D eigenvalue weighted by Gasteiger charge is 2.21. The summed E-state index contributed by atoms with van der Waals surface area (Å²) >= 11 is 9.08. The molecule has 2 aromatic rings. The number of rotatable bonds is 6. The molecule has 0 atom stereocenters. The number of amides is 2. The lowest BCUT2D eigenvalue weighted by atomic mass is 10.1. The number of anilines is 1. The third-order valence-electron chi connectivity index (χ3n) is 3.88. The van der Waals surface area contributed by atoms with Gasteiger partial charge in [0.15, 0.2) is 0 Å². The minimum Gasteiger partial charge on any atom is -0.347 e. The van der Waals surface area contributed by atoms with Crippen LogP contribution in [0.1, 0.15) is 27.6 Å². The number of hydrogen-bond donors (Lipinski definition) is 2. The van der Waals surface area contributed by atoms with Crippen LogP contribution in [-0.2, 0) is 0 Å². The van der Waals surface area contributed by atoms with E-state index in [0.29, 0.717) is 28.4 Å². The molecule has 0 bridgehead atoms. The maximum atomic E-state index is 12.6. The fraction of sp³-hybridized carbons (Fsp3) is 0.150. The summed E-state index contributed by atoms with van der Waals surface area (Å²) in [6.45, 7) is 5.85. The molecule has 1 heterocycles. The van der Waals surface area contributed by atoms with Gasteiger partial charge in [-0.05, 0) is 48.9 Å². The van der Waals surface area contributed by atoms with Crippen molar-refractivity contribution >= 4 is 59.3 Å². The van der Waals surface area contributed by atoms with Crippen molar-refractivity contribution in [3.63, 3.8) is 0 Å². The van der Waals surface area contributed by atoms with Crippen molar-refractivity contribution in [3.8, 4) is 0 Å². The summed E-state index contributed by atoms with van der Waals surface area (Å²) in [5.41, 5.74) is 1.58. The van der Waals surface area contributed by atoms with Crippen LogP contribution in [-0.4, -0.2) is 30.8 Å². The average molecular weight is 432 g/mol. The van der Waals surface area contributed by atoms with E-state index in [9.17, 15) is 9.59 Å². The Morgan fingerprint density at radius 1 is 1.32 bits per heavy atom. The zero-order valence-corrected chi connectivity index (χ0v) is 17.5. The van der Waals surface area contributed by atoms with Crippen LogP contribution in [0.4, 0.5) is 5.69 Å². The van der Waals surface area contributed by atoms with Gasteiger partial charge in [-0.1, -0.05) is 30.3 Å². The first kappa shape index (κ1) is 20.5. The van der Waals surface area contributed by atoms with Gasteiger partial charge in [-0.2, -0.15) is 0 Å². The predicted molar refractivity (Wildman–Crippen MR) is 118 cm³/mol. The van der Waals surface area contributed by atoms with Gasteiger partial charge in [0.1, 0.15) is 0 Å². The number of carbonyl (C=O) groups is 2. The largest absolute Gasteiger partial charge is 0.347 e. The molecule has 2 amide bonds. The van der Waals surface area contributed by atoms with E-state index in [1.165, 1.54) is 11.8 Å². The SMILES string of the molecule is C=N/C=C(/CNC(=O)c1ccc2c(c1)NC(=O)c1cc(Cl)ccc1S2)SCC. The molecule has 0 unspecified atom stereocenters. The number of halogens is 1. The van der Waals surface area contributed by atoms with E-state index in [4.69, 9.17) is 11.6 Å². The summed E-state index contributed by atoms with van der Waals surface area (Å²) in [6, 6.07) is 10.5. The minimum atomic E-state index is -0.247. The second-order valence-corrected chi connectivity index (χ2v) is 8.71. The molecule has 3 rings (SSSR count). The molecule has 0 saturated carbocycles. The molecule has 144 valence electrons. The number of nitrogens with zero attached hydrogens (tertiary/aromatic N) is 1. The Balaban J connectivity index is 1.79. The van der Waals surface area contributed by atoms with Crippen molar-refractivity contribution in [2.24, 2.45) is 4.99 Å². The van der Waals surface area contributed by atoms with Gasteiger partial charge in [0.05, 0.1) is 17.8 Å². The standard InChI is InChI=1S/C20H18ClN3O2S2/c1-3-27-14(10-22-2)11-23-19(25)12-4-6-18-16(8-12)24-20(26)15-9-13(21)5-7-17(15)28-18/h4-10H,2-3,11H2,1H3,(H,23,25)(H,24,26)/b14-10-. The Kier molecular flexibility index (Phi) is 6.83. The first-order valence-corrected chi connectivity index (χ1v) is 10.7. The number of hydrogen-bond acceptors (Lipinski definition) is 5. The second kappa shape index (κ2) is 9.32. The second-order valence-electron chi connectivity index (χ2n) is 5.80. The van der Waals surface area contributed by atoms with E-state index in [0.717, 1.165) is 20.4 Å². The van der Waals surface area contributed by atoms with Crippen molar-refractivity contribution < 1.29 is 9.59 Å². The smallest absolute Gasteiger partial charge is 0.256 e. The van der Waals surface area contributed by atoms with Gasteiger partial charge in [0, 0.05) is 31.5 Å². The molecular weight excluding hydrogens is 414 g/mol. The van der Waals surface area contributed by atoms with Crippen LogP contribution in [0.25, 0.3) is 0 Å². The van der Waals surface area contributed by atoms with Gasteiger partial charge in [-0.15, -0.1) is 11.8 Å². The van der Waals surface area contributed by atoms with E-state index in [2.05, 4.69) is 22.3 Å². The molecule has 0 saturated heterocycles. The van der Waals surface area contributed by atoms with E-state index in [1.54, 1.807) is 42.2 Å².